The summed E-state index contributed by atoms with van der Waals surface area (Å²) in [5.74, 6) is -3.52. The number of phenols is 1. The van der Waals surface area contributed by atoms with Gasteiger partial charge in [-0.3, -0.25) is 24.4 Å². The molecule has 16 nitrogen and oxygen atoms in total. The van der Waals surface area contributed by atoms with Crippen LogP contribution in [-0.4, -0.2) is 83.1 Å². The molecule has 0 fully saturated rings. The molecule has 15 N–H and O–H groups in total. The van der Waals surface area contributed by atoms with Crippen molar-refractivity contribution in [2.75, 3.05) is 13.1 Å². The summed E-state index contributed by atoms with van der Waals surface area (Å²) in [6.45, 7) is 0.345. The van der Waals surface area contributed by atoms with Crippen LogP contribution in [0.1, 0.15) is 36.8 Å². The minimum absolute atomic E-state index is 0.0340. The number of carbonyl (C=O) groups excluding carboxylic acids is 3. The van der Waals surface area contributed by atoms with E-state index in [1.165, 1.54) is 12.1 Å². The number of benzene rings is 2. The second kappa shape index (κ2) is 19.1. The standard InChI is InChI=1S/C30H44N10O6/c31-21(16-19-10-12-20(41)13-11-19)25(42)38-22(8-4-14-36-29(32)33)26(43)40-24(17-18-6-2-1-3-7-18)27(44)39-23(28(45)46)9-5-15-37-30(34)35/h1-3,6-7,10-13,21-24,41H,4-5,8-9,14-17,31H2,(H,38,42)(H,39,44)(H,40,43)(H,45,46)(H4,32,33,36)(H4,34,35,37)/t21-,22+,23-,24-/m0/s1. The van der Waals surface area contributed by atoms with Gasteiger partial charge in [0.25, 0.3) is 0 Å². The largest absolute Gasteiger partial charge is 0.508 e. The van der Waals surface area contributed by atoms with Crippen molar-refractivity contribution in [2.45, 2.75) is 62.7 Å². The molecule has 0 aliphatic heterocycles. The van der Waals surface area contributed by atoms with E-state index >= 15 is 0 Å². The number of nitrogens with zero attached hydrogens (tertiary/aromatic N) is 2. The third kappa shape index (κ3) is 13.9. The fraction of sp³-hybridized carbons (Fsp3) is 0.400. The molecule has 0 saturated carbocycles. The molecular weight excluding hydrogens is 596 g/mol. The van der Waals surface area contributed by atoms with Gasteiger partial charge in [0.05, 0.1) is 6.04 Å². The van der Waals surface area contributed by atoms with Crippen molar-refractivity contribution in [1.29, 1.82) is 0 Å². The molecule has 0 saturated heterocycles. The van der Waals surface area contributed by atoms with Crippen LogP contribution in [0.25, 0.3) is 0 Å². The van der Waals surface area contributed by atoms with E-state index in [0.717, 1.165) is 0 Å². The Labute approximate surface area is 266 Å². The normalized spacial score (nSPS) is 13.2. The maximum absolute atomic E-state index is 13.6. The molecule has 0 heterocycles. The Hall–Kier alpha value is -5.38. The number of guanidine groups is 2. The number of nitrogens with two attached hydrogens (primary N) is 5. The molecular formula is C30H44N10O6. The molecule has 2 aromatic carbocycles. The third-order valence-corrected chi connectivity index (χ3v) is 6.78. The molecule has 2 rings (SSSR count). The van der Waals surface area contributed by atoms with Gasteiger partial charge in [0, 0.05) is 19.5 Å². The van der Waals surface area contributed by atoms with Gasteiger partial charge in [-0.05, 0) is 55.4 Å². The molecule has 250 valence electrons. The first kappa shape index (κ1) is 36.8. The highest BCUT2D eigenvalue weighted by Crippen LogP contribution is 2.12. The number of phenolic OH excluding ortho intramolecular Hbond substituents is 1. The number of rotatable bonds is 19. The topological polar surface area (TPSA) is 300 Å². The number of aliphatic imine (C=N–C) groups is 2. The molecule has 0 aliphatic rings. The number of carboxylic acids is 1. The highest BCUT2D eigenvalue weighted by Gasteiger charge is 2.30. The summed E-state index contributed by atoms with van der Waals surface area (Å²) in [7, 11) is 0. The monoisotopic (exact) mass is 640 g/mol. The Bertz CT molecular complexity index is 1350. The summed E-state index contributed by atoms with van der Waals surface area (Å²) in [4.78, 5) is 59.7. The zero-order chi connectivity index (χ0) is 34.1. The molecule has 0 unspecified atom stereocenters. The number of hydrogen-bond donors (Lipinski definition) is 10. The van der Waals surface area contributed by atoms with E-state index in [2.05, 4.69) is 25.9 Å². The van der Waals surface area contributed by atoms with Crippen molar-refractivity contribution >= 4 is 35.6 Å². The van der Waals surface area contributed by atoms with E-state index < -0.39 is 47.9 Å². The lowest BCUT2D eigenvalue weighted by Gasteiger charge is -2.25. The minimum Gasteiger partial charge on any atom is -0.508 e. The van der Waals surface area contributed by atoms with Crippen LogP contribution in [0.5, 0.6) is 5.75 Å². The first-order valence-corrected chi connectivity index (χ1v) is 14.7. The molecule has 2 aromatic rings. The van der Waals surface area contributed by atoms with E-state index in [4.69, 9.17) is 28.7 Å². The van der Waals surface area contributed by atoms with Crippen molar-refractivity contribution in [3.63, 3.8) is 0 Å². The SMILES string of the molecule is NC(N)=NCCC[C@H](NC(=O)[C@H](Cc1ccccc1)NC(=O)[C@@H](CCCN=C(N)N)NC(=O)[C@@H](N)Cc1ccc(O)cc1)C(=O)O. The Balaban J connectivity index is 2.23. The molecule has 16 heteroatoms. The lowest BCUT2D eigenvalue weighted by Crippen LogP contribution is -2.57. The van der Waals surface area contributed by atoms with Crippen molar-refractivity contribution in [3.8, 4) is 5.75 Å². The van der Waals surface area contributed by atoms with E-state index in [0.29, 0.717) is 17.5 Å². The number of carbonyl (C=O) groups is 4. The number of amides is 3. The second-order valence-electron chi connectivity index (χ2n) is 10.6. The maximum Gasteiger partial charge on any atom is 0.326 e. The van der Waals surface area contributed by atoms with Gasteiger partial charge in [0.2, 0.25) is 17.7 Å². The minimum atomic E-state index is -1.27. The van der Waals surface area contributed by atoms with E-state index in [9.17, 15) is 29.4 Å². The number of nitrogens with one attached hydrogen (secondary N) is 3. The predicted octanol–water partition coefficient (Wildman–Crippen LogP) is -1.85. The van der Waals surface area contributed by atoms with Crippen LogP contribution in [0.2, 0.25) is 0 Å². The van der Waals surface area contributed by atoms with Crippen LogP contribution in [0, 0.1) is 0 Å². The Morgan fingerprint density at radius 2 is 1.13 bits per heavy atom. The third-order valence-electron chi connectivity index (χ3n) is 6.78. The zero-order valence-corrected chi connectivity index (χ0v) is 25.5. The Kier molecular flexibility index (Phi) is 15.3. The lowest BCUT2D eigenvalue weighted by atomic mass is 10.0. The van der Waals surface area contributed by atoms with Gasteiger partial charge in [0.1, 0.15) is 23.9 Å². The molecule has 0 aromatic heterocycles. The summed E-state index contributed by atoms with van der Waals surface area (Å²) in [6.07, 6.45) is 0.880. The number of aromatic hydroxyl groups is 1. The van der Waals surface area contributed by atoms with Gasteiger partial charge in [-0.25, -0.2) is 4.79 Å². The molecule has 0 radical (unpaired) electrons. The fourth-order valence-electron chi connectivity index (χ4n) is 4.39. The average molecular weight is 641 g/mol. The maximum atomic E-state index is 13.6. The number of aliphatic carboxylic acids is 1. The number of hydrogen-bond acceptors (Lipinski definition) is 8. The van der Waals surface area contributed by atoms with Crippen molar-refractivity contribution < 1.29 is 29.4 Å². The molecule has 0 spiro atoms. The summed E-state index contributed by atoms with van der Waals surface area (Å²) in [6, 6.07) is 10.4. The van der Waals surface area contributed by atoms with Crippen LogP contribution in [-0.2, 0) is 32.0 Å². The summed E-state index contributed by atoms with van der Waals surface area (Å²) in [5, 5.41) is 27.0. The van der Waals surface area contributed by atoms with Crippen LogP contribution in [0.15, 0.2) is 64.6 Å². The second-order valence-corrected chi connectivity index (χ2v) is 10.6. The lowest BCUT2D eigenvalue weighted by molar-refractivity contribution is -0.142. The van der Waals surface area contributed by atoms with Gasteiger partial charge in [-0.1, -0.05) is 42.5 Å². The van der Waals surface area contributed by atoms with E-state index in [1.807, 2.05) is 0 Å². The van der Waals surface area contributed by atoms with Gasteiger partial charge >= 0.3 is 5.97 Å². The predicted molar refractivity (Wildman–Crippen MR) is 173 cm³/mol. The number of carboxylic acid groups (broad SMARTS) is 1. The summed E-state index contributed by atoms with van der Waals surface area (Å²) < 4.78 is 0. The molecule has 0 aliphatic carbocycles. The fourth-order valence-corrected chi connectivity index (χ4v) is 4.39. The molecule has 46 heavy (non-hydrogen) atoms. The Morgan fingerprint density at radius 1 is 0.652 bits per heavy atom. The first-order valence-electron chi connectivity index (χ1n) is 14.7. The summed E-state index contributed by atoms with van der Waals surface area (Å²) in [5.41, 5.74) is 29.0. The average Bonchev–Trinajstić information content (AvgIpc) is 3.00. The van der Waals surface area contributed by atoms with Crippen LogP contribution in [0.3, 0.4) is 0 Å². The van der Waals surface area contributed by atoms with Crippen molar-refractivity contribution in [2.24, 2.45) is 38.7 Å². The highest BCUT2D eigenvalue weighted by molar-refractivity contribution is 5.94. The smallest absolute Gasteiger partial charge is 0.326 e. The van der Waals surface area contributed by atoms with Gasteiger partial charge < -0.3 is 54.8 Å². The van der Waals surface area contributed by atoms with Crippen LogP contribution >= 0.6 is 0 Å². The highest BCUT2D eigenvalue weighted by atomic mass is 16.4. The van der Waals surface area contributed by atoms with Gasteiger partial charge in [0.15, 0.2) is 11.9 Å². The quantitative estimate of drug-likeness (QED) is 0.0462. The van der Waals surface area contributed by atoms with Gasteiger partial charge in [-0.2, -0.15) is 0 Å². The molecule has 4 atom stereocenters. The van der Waals surface area contributed by atoms with Crippen LogP contribution in [0.4, 0.5) is 0 Å². The van der Waals surface area contributed by atoms with E-state index in [-0.39, 0.29) is 62.9 Å². The molecule has 3 amide bonds. The first-order chi connectivity index (χ1) is 21.8. The summed E-state index contributed by atoms with van der Waals surface area (Å²) >= 11 is 0. The Morgan fingerprint density at radius 3 is 1.67 bits per heavy atom. The van der Waals surface area contributed by atoms with Crippen LogP contribution < -0.4 is 44.6 Å². The molecule has 0 bridgehead atoms. The zero-order valence-electron chi connectivity index (χ0n) is 25.5. The van der Waals surface area contributed by atoms with Crippen molar-refractivity contribution in [1.82, 2.24) is 16.0 Å². The van der Waals surface area contributed by atoms with E-state index in [1.54, 1.807) is 42.5 Å². The van der Waals surface area contributed by atoms with Crippen molar-refractivity contribution in [3.05, 3.63) is 65.7 Å². The van der Waals surface area contributed by atoms with Gasteiger partial charge in [-0.15, -0.1) is 0 Å².